The zero-order chi connectivity index (χ0) is 14.7. The summed E-state index contributed by atoms with van der Waals surface area (Å²) in [6, 6.07) is 6.53. The normalized spacial score (nSPS) is 14.1. The highest BCUT2D eigenvalue weighted by Crippen LogP contribution is 2.40. The highest BCUT2D eigenvalue weighted by molar-refractivity contribution is 8.01. The summed E-state index contributed by atoms with van der Waals surface area (Å²) < 4.78 is 14.7. The van der Waals surface area contributed by atoms with Crippen molar-refractivity contribution >= 4 is 28.2 Å². The number of anilines is 1. The summed E-state index contributed by atoms with van der Waals surface area (Å²) in [6.45, 7) is 1.87. The molecule has 20 heavy (non-hydrogen) atoms. The van der Waals surface area contributed by atoms with Gasteiger partial charge in [0.1, 0.15) is 5.82 Å². The summed E-state index contributed by atoms with van der Waals surface area (Å²) in [4.78, 5) is 1.89. The lowest BCUT2D eigenvalue weighted by molar-refractivity contribution is 0.592. The molecular weight excluding hydrogens is 295 g/mol. The van der Waals surface area contributed by atoms with Crippen molar-refractivity contribution in [2.45, 2.75) is 22.6 Å². The van der Waals surface area contributed by atoms with Crippen molar-refractivity contribution in [3.05, 3.63) is 35.6 Å². The van der Waals surface area contributed by atoms with Crippen molar-refractivity contribution in [2.24, 2.45) is 5.73 Å². The maximum atomic E-state index is 13.9. The molecule has 2 atom stereocenters. The first-order valence-electron chi connectivity index (χ1n) is 6.16. The predicted octanol–water partition coefficient (Wildman–Crippen LogP) is 2.92. The van der Waals surface area contributed by atoms with E-state index in [1.165, 1.54) is 29.2 Å². The summed E-state index contributed by atoms with van der Waals surface area (Å²) in [5.41, 5.74) is 6.62. The number of benzene rings is 1. The summed E-state index contributed by atoms with van der Waals surface area (Å²) in [7, 11) is 3.82. The van der Waals surface area contributed by atoms with Crippen molar-refractivity contribution in [1.82, 2.24) is 10.2 Å². The Kier molecular flexibility index (Phi) is 4.95. The zero-order valence-corrected chi connectivity index (χ0v) is 13.2. The number of hydrogen-bond acceptors (Lipinski definition) is 6. The van der Waals surface area contributed by atoms with Crippen LogP contribution in [0.4, 0.5) is 9.52 Å². The molecule has 0 saturated carbocycles. The standard InChI is InChI=1S/C13H17FN4S2/c1-8(15)11(9-6-4-5-7-10(9)14)19-13-17-16-12(20-13)18(2)3/h4-8,11H,15H2,1-3H3. The Bertz CT molecular complexity index is 571. The molecular formula is C13H17FN4S2. The van der Waals surface area contributed by atoms with Crippen molar-refractivity contribution in [3.8, 4) is 0 Å². The van der Waals surface area contributed by atoms with Crippen LogP contribution < -0.4 is 10.6 Å². The average Bonchev–Trinajstić information content (AvgIpc) is 2.85. The van der Waals surface area contributed by atoms with Gasteiger partial charge in [0.15, 0.2) is 4.34 Å². The van der Waals surface area contributed by atoms with Gasteiger partial charge in [-0.25, -0.2) is 4.39 Å². The monoisotopic (exact) mass is 312 g/mol. The first-order chi connectivity index (χ1) is 9.49. The lowest BCUT2D eigenvalue weighted by atomic mass is 10.1. The van der Waals surface area contributed by atoms with E-state index in [0.29, 0.717) is 5.56 Å². The minimum atomic E-state index is -0.236. The fourth-order valence-electron chi connectivity index (χ4n) is 1.70. The molecule has 4 nitrogen and oxygen atoms in total. The van der Waals surface area contributed by atoms with E-state index in [-0.39, 0.29) is 17.1 Å². The van der Waals surface area contributed by atoms with E-state index in [0.717, 1.165) is 9.47 Å². The Morgan fingerprint density at radius 1 is 1.30 bits per heavy atom. The van der Waals surface area contributed by atoms with Gasteiger partial charge in [0.25, 0.3) is 0 Å². The molecule has 2 N–H and O–H groups in total. The van der Waals surface area contributed by atoms with E-state index in [4.69, 9.17) is 5.73 Å². The van der Waals surface area contributed by atoms with E-state index >= 15 is 0 Å². The molecule has 0 aliphatic heterocycles. The number of nitrogens with two attached hydrogens (primary N) is 1. The van der Waals surface area contributed by atoms with E-state index in [1.807, 2.05) is 32.0 Å². The van der Waals surface area contributed by atoms with Crippen LogP contribution in [-0.2, 0) is 0 Å². The maximum absolute atomic E-state index is 13.9. The third kappa shape index (κ3) is 3.47. The summed E-state index contributed by atoms with van der Waals surface area (Å²) in [6.07, 6.45) is 0. The molecule has 0 fully saturated rings. The molecule has 0 saturated heterocycles. The molecule has 0 aliphatic carbocycles. The van der Waals surface area contributed by atoms with Gasteiger partial charge in [-0.2, -0.15) is 0 Å². The Morgan fingerprint density at radius 3 is 2.55 bits per heavy atom. The first-order valence-corrected chi connectivity index (χ1v) is 7.86. The highest BCUT2D eigenvalue weighted by atomic mass is 32.2. The van der Waals surface area contributed by atoms with Crippen LogP contribution in [-0.4, -0.2) is 30.3 Å². The lowest BCUT2D eigenvalue weighted by Crippen LogP contribution is -2.23. The van der Waals surface area contributed by atoms with Gasteiger partial charge in [-0.15, -0.1) is 10.2 Å². The second kappa shape index (κ2) is 6.51. The molecule has 1 heterocycles. The molecule has 2 rings (SSSR count). The minimum absolute atomic E-state index is 0.181. The quantitative estimate of drug-likeness (QED) is 0.860. The number of hydrogen-bond donors (Lipinski definition) is 1. The van der Waals surface area contributed by atoms with Crippen molar-refractivity contribution in [3.63, 3.8) is 0 Å². The van der Waals surface area contributed by atoms with Crippen molar-refractivity contribution in [2.75, 3.05) is 19.0 Å². The Hall–Kier alpha value is -1.18. The van der Waals surface area contributed by atoms with Gasteiger partial charge in [0.05, 0.1) is 5.25 Å². The molecule has 0 spiro atoms. The van der Waals surface area contributed by atoms with E-state index in [9.17, 15) is 4.39 Å². The largest absolute Gasteiger partial charge is 0.353 e. The van der Waals surface area contributed by atoms with Crippen LogP contribution in [0, 0.1) is 5.82 Å². The van der Waals surface area contributed by atoms with Crippen LogP contribution in [0.15, 0.2) is 28.6 Å². The van der Waals surface area contributed by atoms with Crippen LogP contribution in [0.5, 0.6) is 0 Å². The van der Waals surface area contributed by atoms with Gasteiger partial charge in [-0.3, -0.25) is 0 Å². The second-order valence-electron chi connectivity index (χ2n) is 4.66. The van der Waals surface area contributed by atoms with Crippen LogP contribution in [0.3, 0.4) is 0 Å². The zero-order valence-electron chi connectivity index (χ0n) is 11.6. The molecule has 0 bridgehead atoms. The molecule has 0 aliphatic rings. The Balaban J connectivity index is 2.24. The number of halogens is 1. The van der Waals surface area contributed by atoms with E-state index < -0.39 is 0 Å². The second-order valence-corrected chi connectivity index (χ2v) is 7.01. The number of aromatic nitrogens is 2. The smallest absolute Gasteiger partial charge is 0.208 e. The van der Waals surface area contributed by atoms with Crippen LogP contribution >= 0.6 is 23.1 Å². The third-order valence-corrected chi connectivity index (χ3v) is 5.34. The molecule has 7 heteroatoms. The Labute approximate surface area is 126 Å². The molecule has 1 aromatic carbocycles. The summed E-state index contributed by atoms with van der Waals surface area (Å²) in [5.74, 6) is -0.236. The third-order valence-electron chi connectivity index (χ3n) is 2.70. The fourth-order valence-corrected chi connectivity index (χ4v) is 3.77. The molecule has 0 radical (unpaired) electrons. The highest BCUT2D eigenvalue weighted by Gasteiger charge is 2.23. The van der Waals surface area contributed by atoms with Crippen LogP contribution in [0.25, 0.3) is 0 Å². The van der Waals surface area contributed by atoms with Crippen molar-refractivity contribution < 1.29 is 4.39 Å². The number of rotatable bonds is 5. The van der Waals surface area contributed by atoms with Crippen LogP contribution in [0.2, 0.25) is 0 Å². The first kappa shape index (κ1) is 15.2. The Morgan fingerprint density at radius 2 is 2.00 bits per heavy atom. The summed E-state index contributed by atoms with van der Waals surface area (Å²) >= 11 is 2.93. The fraction of sp³-hybridized carbons (Fsp3) is 0.385. The minimum Gasteiger partial charge on any atom is -0.353 e. The van der Waals surface area contributed by atoms with Crippen molar-refractivity contribution in [1.29, 1.82) is 0 Å². The molecule has 0 amide bonds. The van der Waals surface area contributed by atoms with Gasteiger partial charge in [0.2, 0.25) is 5.13 Å². The molecule has 2 unspecified atom stereocenters. The number of thioether (sulfide) groups is 1. The van der Waals surface area contributed by atoms with Gasteiger partial charge in [-0.05, 0) is 13.0 Å². The lowest BCUT2D eigenvalue weighted by Gasteiger charge is -2.19. The van der Waals surface area contributed by atoms with E-state index in [1.54, 1.807) is 12.1 Å². The topological polar surface area (TPSA) is 55.0 Å². The molecule has 1 aromatic heterocycles. The molecule has 2 aromatic rings. The van der Waals surface area contributed by atoms with Gasteiger partial charge < -0.3 is 10.6 Å². The molecule has 108 valence electrons. The maximum Gasteiger partial charge on any atom is 0.208 e. The van der Waals surface area contributed by atoms with Gasteiger partial charge >= 0.3 is 0 Å². The SMILES string of the molecule is CC(N)C(Sc1nnc(N(C)C)s1)c1ccccc1F. The average molecular weight is 312 g/mol. The predicted molar refractivity (Wildman–Crippen MR) is 82.9 cm³/mol. The van der Waals surface area contributed by atoms with E-state index in [2.05, 4.69) is 10.2 Å². The van der Waals surface area contributed by atoms with Gasteiger partial charge in [-0.1, -0.05) is 41.3 Å². The summed E-state index contributed by atoms with van der Waals surface area (Å²) in [5, 5.41) is 8.85. The number of nitrogens with zero attached hydrogens (tertiary/aromatic N) is 3. The van der Waals surface area contributed by atoms with Gasteiger partial charge in [0, 0.05) is 25.7 Å². The van der Waals surface area contributed by atoms with Crippen LogP contribution in [0.1, 0.15) is 17.7 Å².